The van der Waals surface area contributed by atoms with E-state index < -0.39 is 6.04 Å². The highest BCUT2D eigenvalue weighted by Gasteiger charge is 2.31. The topological polar surface area (TPSA) is 94.6 Å². The fourth-order valence-electron chi connectivity index (χ4n) is 4.76. The van der Waals surface area contributed by atoms with Gasteiger partial charge < -0.3 is 34.6 Å². The van der Waals surface area contributed by atoms with E-state index in [-0.39, 0.29) is 49.0 Å². The van der Waals surface area contributed by atoms with E-state index in [0.29, 0.717) is 30.2 Å². The zero-order chi connectivity index (χ0) is 30.1. The number of ether oxygens (including phenoxy) is 2. The number of nitrogens with one attached hydrogen (secondary N) is 1. The molecule has 0 unspecified atom stereocenters. The van der Waals surface area contributed by atoms with Crippen molar-refractivity contribution in [3.8, 4) is 5.75 Å². The summed E-state index contributed by atoms with van der Waals surface area (Å²) in [7, 11) is 5.51. The van der Waals surface area contributed by atoms with Crippen LogP contribution in [0, 0.1) is 11.7 Å². The molecule has 0 radical (unpaired) electrons. The second-order valence-electron chi connectivity index (χ2n) is 11.2. The molecule has 3 rings (SSSR count). The fraction of sp³-hybridized carbons (Fsp3) is 0.548. The van der Waals surface area contributed by atoms with Gasteiger partial charge in [-0.2, -0.15) is 0 Å². The Morgan fingerprint density at radius 3 is 2.51 bits per heavy atom. The first-order valence-electron chi connectivity index (χ1n) is 14.3. The summed E-state index contributed by atoms with van der Waals surface area (Å²) in [5, 5.41) is 12.9. The van der Waals surface area contributed by atoms with E-state index in [1.54, 1.807) is 11.9 Å². The minimum atomic E-state index is -0.453. The molecule has 226 valence electrons. The third-order valence-corrected chi connectivity index (χ3v) is 7.45. The van der Waals surface area contributed by atoms with Crippen LogP contribution in [0.15, 0.2) is 42.5 Å². The van der Waals surface area contributed by atoms with Crippen LogP contribution in [0.25, 0.3) is 0 Å². The van der Waals surface area contributed by atoms with E-state index in [2.05, 4.69) is 5.32 Å². The highest BCUT2D eigenvalue weighted by atomic mass is 19.1. The summed E-state index contributed by atoms with van der Waals surface area (Å²) < 4.78 is 25.8. The molecule has 0 bridgehead atoms. The second kappa shape index (κ2) is 15.0. The Hall–Kier alpha value is -3.37. The summed E-state index contributed by atoms with van der Waals surface area (Å²) in [5.74, 6) is -0.256. The normalized spacial score (nSPS) is 21.2. The summed E-state index contributed by atoms with van der Waals surface area (Å²) in [6.45, 7) is 6.68. The van der Waals surface area contributed by atoms with Gasteiger partial charge in [-0.15, -0.1) is 0 Å². The summed E-state index contributed by atoms with van der Waals surface area (Å²) in [5.41, 5.74) is 1.80. The van der Waals surface area contributed by atoms with E-state index in [0.717, 1.165) is 24.9 Å². The zero-order valence-electron chi connectivity index (χ0n) is 25.1. The fourth-order valence-corrected chi connectivity index (χ4v) is 4.76. The zero-order valence-corrected chi connectivity index (χ0v) is 25.1. The summed E-state index contributed by atoms with van der Waals surface area (Å²) >= 11 is 0. The van der Waals surface area contributed by atoms with E-state index >= 15 is 0 Å². The number of likely N-dealkylation sites (N-methyl/N-ethyl adjacent to an activating group) is 1. The summed E-state index contributed by atoms with van der Waals surface area (Å²) in [6, 6.07) is 10.4. The van der Waals surface area contributed by atoms with E-state index in [1.807, 2.05) is 58.0 Å². The van der Waals surface area contributed by atoms with Crippen molar-refractivity contribution < 1.29 is 28.6 Å². The predicted octanol–water partition coefficient (Wildman–Crippen LogP) is 4.85. The molecule has 0 aromatic heterocycles. The number of urea groups is 1. The molecule has 0 saturated heterocycles. The molecule has 2 aromatic rings. The van der Waals surface area contributed by atoms with Crippen LogP contribution in [-0.2, 0) is 4.74 Å². The van der Waals surface area contributed by atoms with Crippen LogP contribution in [0.4, 0.5) is 20.6 Å². The molecule has 0 saturated carbocycles. The lowest BCUT2D eigenvalue weighted by Gasteiger charge is -2.36. The largest absolute Gasteiger partial charge is 0.490 e. The van der Waals surface area contributed by atoms with E-state index in [9.17, 15) is 19.1 Å². The Bertz CT molecular complexity index is 1150. The molecule has 41 heavy (non-hydrogen) atoms. The monoisotopic (exact) mass is 572 g/mol. The van der Waals surface area contributed by atoms with Crippen LogP contribution in [0.5, 0.6) is 5.75 Å². The third-order valence-electron chi connectivity index (χ3n) is 7.45. The molecule has 1 aliphatic rings. The van der Waals surface area contributed by atoms with Crippen molar-refractivity contribution in [1.29, 1.82) is 0 Å². The lowest BCUT2D eigenvalue weighted by Crippen LogP contribution is -2.48. The number of nitrogens with zero attached hydrogens (tertiary/aromatic N) is 3. The molecule has 3 amide bonds. The number of amides is 3. The number of carbonyl (C=O) groups excluding carboxylic acids is 2. The number of halogens is 1. The lowest BCUT2D eigenvalue weighted by molar-refractivity contribution is -0.0115. The van der Waals surface area contributed by atoms with Gasteiger partial charge in [-0.1, -0.05) is 6.92 Å². The highest BCUT2D eigenvalue weighted by molar-refractivity contribution is 5.98. The van der Waals surface area contributed by atoms with Crippen molar-refractivity contribution in [2.24, 2.45) is 5.92 Å². The molecule has 0 fully saturated rings. The Labute approximate surface area is 243 Å². The van der Waals surface area contributed by atoms with Gasteiger partial charge >= 0.3 is 6.03 Å². The SMILES string of the molecule is C[C@@H]1CCCCO[C@H](CN(C)C(=O)Nc2ccc(F)cc2)[C@@H](C)CN([C@@H](C)CO)C(=O)c2cc(N(C)C)ccc2O1. The minimum Gasteiger partial charge on any atom is -0.490 e. The van der Waals surface area contributed by atoms with Crippen LogP contribution in [0.1, 0.15) is 50.4 Å². The van der Waals surface area contributed by atoms with Gasteiger partial charge in [-0.05, 0) is 75.6 Å². The Kier molecular flexibility index (Phi) is 11.8. The van der Waals surface area contributed by atoms with Crippen molar-refractivity contribution >= 4 is 23.3 Å². The summed E-state index contributed by atoms with van der Waals surface area (Å²) in [6.07, 6.45) is 2.03. The van der Waals surface area contributed by atoms with Crippen LogP contribution >= 0.6 is 0 Å². The lowest BCUT2D eigenvalue weighted by atomic mass is 10.0. The smallest absolute Gasteiger partial charge is 0.321 e. The van der Waals surface area contributed by atoms with Crippen LogP contribution in [0.3, 0.4) is 0 Å². The molecular weight excluding hydrogens is 527 g/mol. The van der Waals surface area contributed by atoms with E-state index in [4.69, 9.17) is 9.47 Å². The van der Waals surface area contributed by atoms with Crippen molar-refractivity contribution in [2.75, 3.05) is 57.7 Å². The number of rotatable bonds is 6. The van der Waals surface area contributed by atoms with Gasteiger partial charge in [0.1, 0.15) is 11.6 Å². The molecule has 0 aliphatic carbocycles. The van der Waals surface area contributed by atoms with Gasteiger partial charge in [0.05, 0.1) is 30.4 Å². The first-order chi connectivity index (χ1) is 19.5. The standard InChI is InChI=1S/C31H45FN4O5/c1-21-18-36(22(2)20-37)30(38)27-17-26(34(4)5)14-15-28(27)41-23(3)9-7-8-16-40-29(21)19-35(6)31(39)33-25-12-10-24(32)11-13-25/h10-15,17,21-23,29,37H,7-9,16,18-20H2,1-6H3,(H,33,39)/t21-,22-,23+,29+/m0/s1. The maximum Gasteiger partial charge on any atom is 0.321 e. The number of hydrogen-bond acceptors (Lipinski definition) is 6. The molecule has 10 heteroatoms. The predicted molar refractivity (Wildman–Crippen MR) is 159 cm³/mol. The van der Waals surface area contributed by atoms with Crippen molar-refractivity contribution in [2.45, 2.75) is 58.3 Å². The van der Waals surface area contributed by atoms with Gasteiger partial charge in [-0.3, -0.25) is 4.79 Å². The number of aliphatic hydroxyl groups is 1. The number of hydrogen-bond donors (Lipinski definition) is 2. The molecule has 0 spiro atoms. The third kappa shape index (κ3) is 9.06. The average Bonchev–Trinajstić information content (AvgIpc) is 2.94. The highest BCUT2D eigenvalue weighted by Crippen LogP contribution is 2.29. The Morgan fingerprint density at radius 2 is 1.85 bits per heavy atom. The van der Waals surface area contributed by atoms with Gasteiger partial charge in [0.15, 0.2) is 0 Å². The first kappa shape index (κ1) is 32.1. The van der Waals surface area contributed by atoms with Gasteiger partial charge in [0.2, 0.25) is 0 Å². The average molecular weight is 573 g/mol. The van der Waals surface area contributed by atoms with Crippen molar-refractivity contribution in [3.63, 3.8) is 0 Å². The molecular formula is C31H45FN4O5. The number of carbonyl (C=O) groups is 2. The van der Waals surface area contributed by atoms with Gasteiger partial charge in [-0.25, -0.2) is 9.18 Å². The van der Waals surface area contributed by atoms with Crippen LogP contribution in [-0.4, -0.2) is 92.5 Å². The molecule has 1 aliphatic heterocycles. The van der Waals surface area contributed by atoms with Gasteiger partial charge in [0, 0.05) is 58.1 Å². The molecule has 1 heterocycles. The Balaban J connectivity index is 1.87. The van der Waals surface area contributed by atoms with E-state index in [1.165, 1.54) is 29.2 Å². The maximum atomic E-state index is 14.1. The van der Waals surface area contributed by atoms with Crippen LogP contribution < -0.4 is 15.0 Å². The number of anilines is 2. The first-order valence-corrected chi connectivity index (χ1v) is 14.3. The minimum absolute atomic E-state index is 0.102. The number of fused-ring (bicyclic) bond motifs is 1. The second-order valence-corrected chi connectivity index (χ2v) is 11.2. The molecule has 4 atom stereocenters. The van der Waals surface area contributed by atoms with Crippen molar-refractivity contribution in [3.05, 3.63) is 53.8 Å². The summed E-state index contributed by atoms with van der Waals surface area (Å²) in [4.78, 5) is 32.1. The number of aliphatic hydroxyl groups excluding tert-OH is 1. The van der Waals surface area contributed by atoms with Crippen molar-refractivity contribution in [1.82, 2.24) is 9.80 Å². The quantitative estimate of drug-likeness (QED) is 0.514. The molecule has 9 nitrogen and oxygen atoms in total. The Morgan fingerprint density at radius 1 is 1.15 bits per heavy atom. The maximum absolute atomic E-state index is 14.1. The number of benzene rings is 2. The van der Waals surface area contributed by atoms with Gasteiger partial charge in [0.25, 0.3) is 5.91 Å². The molecule has 2 N–H and O–H groups in total. The molecule has 2 aromatic carbocycles. The van der Waals surface area contributed by atoms with Crippen LogP contribution in [0.2, 0.25) is 0 Å².